The predicted molar refractivity (Wildman–Crippen MR) is 74.7 cm³/mol. The van der Waals surface area contributed by atoms with Crippen molar-refractivity contribution in [2.45, 2.75) is 40.2 Å². The molecule has 0 bridgehead atoms. The zero-order chi connectivity index (χ0) is 13.3. The van der Waals surface area contributed by atoms with Gasteiger partial charge in [0.25, 0.3) is 0 Å². The Morgan fingerprint density at radius 1 is 1.39 bits per heavy atom. The van der Waals surface area contributed by atoms with Gasteiger partial charge in [0.2, 0.25) is 5.91 Å². The minimum absolute atomic E-state index is 0.0713. The number of aryl methyl sites for hydroxylation is 2. The van der Waals surface area contributed by atoms with Crippen molar-refractivity contribution < 1.29 is 4.79 Å². The molecule has 98 valence electrons. The molecule has 0 spiro atoms. The fourth-order valence-corrected chi connectivity index (χ4v) is 2.40. The summed E-state index contributed by atoms with van der Waals surface area (Å²) in [6.45, 7) is 9.36. The Morgan fingerprint density at radius 2 is 2.11 bits per heavy atom. The normalized spacial score (nSPS) is 19.6. The fraction of sp³-hybridized carbons (Fsp3) is 0.533. The van der Waals surface area contributed by atoms with E-state index in [2.05, 4.69) is 43.5 Å². The van der Waals surface area contributed by atoms with Gasteiger partial charge in [-0.1, -0.05) is 38.0 Å². The second-order valence-corrected chi connectivity index (χ2v) is 5.39. The van der Waals surface area contributed by atoms with E-state index in [4.69, 9.17) is 0 Å². The first-order valence-corrected chi connectivity index (χ1v) is 6.68. The van der Waals surface area contributed by atoms with Crippen LogP contribution in [0.15, 0.2) is 12.1 Å². The number of amides is 1. The van der Waals surface area contributed by atoms with Gasteiger partial charge in [0.1, 0.15) is 6.04 Å². The molecule has 18 heavy (non-hydrogen) atoms. The summed E-state index contributed by atoms with van der Waals surface area (Å²) < 4.78 is 0. The second-order valence-electron chi connectivity index (χ2n) is 5.39. The van der Waals surface area contributed by atoms with Gasteiger partial charge in [-0.15, -0.1) is 0 Å². The summed E-state index contributed by atoms with van der Waals surface area (Å²) in [4.78, 5) is 12.0. The number of rotatable bonds is 4. The van der Waals surface area contributed by atoms with Crippen molar-refractivity contribution >= 4 is 11.6 Å². The molecule has 1 aromatic rings. The molecular formula is C15H22N2O. The van der Waals surface area contributed by atoms with E-state index >= 15 is 0 Å². The average Bonchev–Trinajstić information content (AvgIpc) is 2.63. The third kappa shape index (κ3) is 2.41. The smallest absolute Gasteiger partial charge is 0.246 e. The Labute approximate surface area is 109 Å². The third-order valence-corrected chi connectivity index (χ3v) is 3.70. The highest BCUT2D eigenvalue weighted by atomic mass is 16.2. The Hall–Kier alpha value is -1.35. The molecule has 0 aromatic heterocycles. The quantitative estimate of drug-likeness (QED) is 0.857. The van der Waals surface area contributed by atoms with Crippen LogP contribution in [-0.4, -0.2) is 12.5 Å². The molecular weight excluding hydrogens is 224 g/mol. The van der Waals surface area contributed by atoms with E-state index in [0.717, 1.165) is 29.8 Å². The number of nitrogens with one attached hydrogen (secondary N) is 2. The lowest BCUT2D eigenvalue weighted by molar-refractivity contribution is -0.117. The standard InChI is InChI=1S/C15H22N2O/c1-5-9(2)8-16-14-12-7-10(3)6-11(4)13(12)17-15(14)18/h6-7,9,14,16H,5,8H2,1-4H3,(H,17,18). The summed E-state index contributed by atoms with van der Waals surface area (Å²) in [5, 5.41) is 6.36. The monoisotopic (exact) mass is 246 g/mol. The highest BCUT2D eigenvalue weighted by molar-refractivity contribution is 6.03. The van der Waals surface area contributed by atoms with Gasteiger partial charge in [0.05, 0.1) is 0 Å². The molecule has 2 unspecified atom stereocenters. The highest BCUT2D eigenvalue weighted by Crippen LogP contribution is 2.34. The summed E-state index contributed by atoms with van der Waals surface area (Å²) in [6.07, 6.45) is 1.13. The zero-order valence-corrected chi connectivity index (χ0v) is 11.6. The molecule has 0 aliphatic carbocycles. The maximum atomic E-state index is 12.0. The zero-order valence-electron chi connectivity index (χ0n) is 11.6. The summed E-state index contributed by atoms with van der Waals surface area (Å²) in [5.41, 5.74) is 4.44. The van der Waals surface area contributed by atoms with Crippen LogP contribution in [0.2, 0.25) is 0 Å². The largest absolute Gasteiger partial charge is 0.324 e. The predicted octanol–water partition coefficient (Wildman–Crippen LogP) is 2.93. The minimum atomic E-state index is -0.187. The molecule has 2 atom stereocenters. The lowest BCUT2D eigenvalue weighted by atomic mass is 10.0. The number of carbonyl (C=O) groups excluding carboxylic acids is 1. The number of benzene rings is 1. The molecule has 1 aliphatic heterocycles. The van der Waals surface area contributed by atoms with Crippen molar-refractivity contribution in [3.8, 4) is 0 Å². The van der Waals surface area contributed by atoms with Gasteiger partial charge in [0, 0.05) is 11.3 Å². The summed E-state index contributed by atoms with van der Waals surface area (Å²) in [7, 11) is 0. The van der Waals surface area contributed by atoms with Crippen molar-refractivity contribution in [2.24, 2.45) is 5.92 Å². The van der Waals surface area contributed by atoms with Crippen molar-refractivity contribution in [1.82, 2.24) is 5.32 Å². The maximum absolute atomic E-state index is 12.0. The Balaban J connectivity index is 2.22. The topological polar surface area (TPSA) is 41.1 Å². The van der Waals surface area contributed by atoms with E-state index < -0.39 is 0 Å². The Morgan fingerprint density at radius 3 is 2.78 bits per heavy atom. The van der Waals surface area contributed by atoms with Crippen LogP contribution in [0.4, 0.5) is 5.69 Å². The van der Waals surface area contributed by atoms with Gasteiger partial charge in [-0.05, 0) is 31.9 Å². The van der Waals surface area contributed by atoms with Crippen LogP contribution in [-0.2, 0) is 4.79 Å². The van der Waals surface area contributed by atoms with E-state index in [1.807, 2.05) is 6.92 Å². The van der Waals surface area contributed by atoms with Crippen molar-refractivity contribution in [3.05, 3.63) is 28.8 Å². The van der Waals surface area contributed by atoms with E-state index in [0.29, 0.717) is 5.92 Å². The van der Waals surface area contributed by atoms with Gasteiger partial charge < -0.3 is 10.6 Å². The number of fused-ring (bicyclic) bond motifs is 1. The van der Waals surface area contributed by atoms with Gasteiger partial charge in [0.15, 0.2) is 0 Å². The van der Waals surface area contributed by atoms with Crippen molar-refractivity contribution in [2.75, 3.05) is 11.9 Å². The first kappa shape index (κ1) is 13.1. The van der Waals surface area contributed by atoms with Crippen LogP contribution in [0.25, 0.3) is 0 Å². The van der Waals surface area contributed by atoms with E-state index in [-0.39, 0.29) is 11.9 Å². The van der Waals surface area contributed by atoms with Crippen LogP contribution >= 0.6 is 0 Å². The fourth-order valence-electron chi connectivity index (χ4n) is 2.40. The number of hydrogen-bond donors (Lipinski definition) is 2. The van der Waals surface area contributed by atoms with Gasteiger partial charge in [-0.2, -0.15) is 0 Å². The lowest BCUT2D eigenvalue weighted by Gasteiger charge is -2.15. The molecule has 3 nitrogen and oxygen atoms in total. The van der Waals surface area contributed by atoms with E-state index in [1.54, 1.807) is 0 Å². The molecule has 3 heteroatoms. The third-order valence-electron chi connectivity index (χ3n) is 3.70. The Kier molecular flexibility index (Phi) is 3.71. The SMILES string of the molecule is CCC(C)CNC1C(=O)Nc2c(C)cc(C)cc21. The molecule has 0 saturated heterocycles. The first-order chi connectivity index (χ1) is 8.52. The van der Waals surface area contributed by atoms with Gasteiger partial charge in [-0.3, -0.25) is 4.79 Å². The molecule has 2 N–H and O–H groups in total. The lowest BCUT2D eigenvalue weighted by Crippen LogP contribution is -2.30. The number of anilines is 1. The highest BCUT2D eigenvalue weighted by Gasteiger charge is 2.31. The minimum Gasteiger partial charge on any atom is -0.324 e. The Bertz CT molecular complexity index is 468. The molecule has 1 aliphatic rings. The van der Waals surface area contributed by atoms with Crippen LogP contribution in [0, 0.1) is 19.8 Å². The van der Waals surface area contributed by atoms with E-state index in [9.17, 15) is 4.79 Å². The molecule has 0 fully saturated rings. The van der Waals surface area contributed by atoms with Crippen LogP contribution in [0.5, 0.6) is 0 Å². The summed E-state index contributed by atoms with van der Waals surface area (Å²) in [5.74, 6) is 0.662. The molecule has 1 heterocycles. The average molecular weight is 246 g/mol. The van der Waals surface area contributed by atoms with Crippen LogP contribution in [0.1, 0.15) is 43.0 Å². The van der Waals surface area contributed by atoms with E-state index in [1.165, 1.54) is 5.56 Å². The maximum Gasteiger partial charge on any atom is 0.246 e. The van der Waals surface area contributed by atoms with Crippen LogP contribution in [0.3, 0.4) is 0 Å². The molecule has 2 rings (SSSR count). The second kappa shape index (κ2) is 5.11. The molecule has 1 amide bonds. The first-order valence-electron chi connectivity index (χ1n) is 6.68. The van der Waals surface area contributed by atoms with Crippen LogP contribution < -0.4 is 10.6 Å². The molecule has 0 saturated carbocycles. The summed E-state index contributed by atoms with van der Waals surface area (Å²) >= 11 is 0. The summed E-state index contributed by atoms with van der Waals surface area (Å²) in [6, 6.07) is 4.03. The van der Waals surface area contributed by atoms with Crippen molar-refractivity contribution in [3.63, 3.8) is 0 Å². The molecule has 0 radical (unpaired) electrons. The molecule has 1 aromatic carbocycles. The van der Waals surface area contributed by atoms with Crippen molar-refractivity contribution in [1.29, 1.82) is 0 Å². The van der Waals surface area contributed by atoms with Gasteiger partial charge in [-0.25, -0.2) is 0 Å². The number of hydrogen-bond acceptors (Lipinski definition) is 2. The van der Waals surface area contributed by atoms with Gasteiger partial charge >= 0.3 is 0 Å². The number of carbonyl (C=O) groups is 1.